The van der Waals surface area contributed by atoms with Crippen molar-refractivity contribution in [1.82, 2.24) is 0 Å². The predicted molar refractivity (Wildman–Crippen MR) is 78.2 cm³/mol. The van der Waals surface area contributed by atoms with Gasteiger partial charge in [-0.1, -0.05) is 12.1 Å². The monoisotopic (exact) mass is 314 g/mol. The Morgan fingerprint density at radius 1 is 1.09 bits per heavy atom. The first kappa shape index (κ1) is 16.9. The Kier molecular flexibility index (Phi) is 4.58. The SMILES string of the molecule is CC1(C)OB(C(F)=Cc2ccc(OC(F)F)cc2)OC1(C)C. The number of hydrogen-bond donors (Lipinski definition) is 0. The van der Waals surface area contributed by atoms with Gasteiger partial charge in [-0.15, -0.1) is 0 Å². The molecule has 1 heterocycles. The van der Waals surface area contributed by atoms with Crippen LogP contribution in [-0.4, -0.2) is 24.9 Å². The standard InChI is InChI=1S/C15H18BF3O3/c1-14(2)15(3,4)22-16(21-14)12(17)9-10-5-7-11(8-6-10)20-13(18)19/h5-9,13H,1-4H3. The van der Waals surface area contributed by atoms with Gasteiger partial charge in [0.1, 0.15) is 11.5 Å². The van der Waals surface area contributed by atoms with E-state index in [2.05, 4.69) is 4.74 Å². The zero-order valence-corrected chi connectivity index (χ0v) is 12.9. The maximum absolute atomic E-state index is 14.3. The quantitative estimate of drug-likeness (QED) is 0.779. The molecule has 0 atom stereocenters. The van der Waals surface area contributed by atoms with Gasteiger partial charge in [-0.05, 0) is 51.5 Å². The highest BCUT2D eigenvalue weighted by atomic mass is 19.3. The van der Waals surface area contributed by atoms with Crippen LogP contribution in [0.4, 0.5) is 13.2 Å². The molecule has 1 saturated heterocycles. The third-order valence-corrected chi connectivity index (χ3v) is 3.89. The molecule has 0 spiro atoms. The van der Waals surface area contributed by atoms with Crippen molar-refractivity contribution in [3.8, 4) is 5.75 Å². The van der Waals surface area contributed by atoms with Gasteiger partial charge in [0, 0.05) is 0 Å². The fraction of sp³-hybridized carbons (Fsp3) is 0.467. The second-order valence-electron chi connectivity index (χ2n) is 6.07. The van der Waals surface area contributed by atoms with Gasteiger partial charge < -0.3 is 14.0 Å². The van der Waals surface area contributed by atoms with E-state index < -0.39 is 30.7 Å². The minimum atomic E-state index is -2.89. The number of rotatable bonds is 4. The molecule has 3 nitrogen and oxygen atoms in total. The van der Waals surface area contributed by atoms with Gasteiger partial charge in [0.2, 0.25) is 0 Å². The van der Waals surface area contributed by atoms with Crippen molar-refractivity contribution in [3.05, 3.63) is 35.6 Å². The van der Waals surface area contributed by atoms with Gasteiger partial charge in [-0.2, -0.15) is 8.78 Å². The number of ether oxygens (including phenoxy) is 1. The van der Waals surface area contributed by atoms with E-state index in [1.807, 2.05) is 27.7 Å². The van der Waals surface area contributed by atoms with Crippen molar-refractivity contribution in [1.29, 1.82) is 0 Å². The van der Waals surface area contributed by atoms with Crippen molar-refractivity contribution in [2.75, 3.05) is 0 Å². The average molecular weight is 314 g/mol. The summed E-state index contributed by atoms with van der Waals surface area (Å²) in [5.74, 6) is 0.0168. The summed E-state index contributed by atoms with van der Waals surface area (Å²) in [4.78, 5) is 0. The molecule has 1 aliphatic heterocycles. The Bertz CT molecular complexity index is 540. The van der Waals surface area contributed by atoms with Crippen LogP contribution in [0.25, 0.3) is 6.08 Å². The molecule has 0 unspecified atom stereocenters. The molecule has 22 heavy (non-hydrogen) atoms. The highest BCUT2D eigenvalue weighted by molar-refractivity contribution is 6.54. The van der Waals surface area contributed by atoms with Gasteiger partial charge in [-0.25, -0.2) is 4.39 Å². The fourth-order valence-corrected chi connectivity index (χ4v) is 1.93. The normalized spacial score (nSPS) is 20.5. The van der Waals surface area contributed by atoms with Gasteiger partial charge in [0.05, 0.1) is 11.2 Å². The first-order chi connectivity index (χ1) is 10.1. The highest BCUT2D eigenvalue weighted by Gasteiger charge is 2.53. The summed E-state index contributed by atoms with van der Waals surface area (Å²) in [5, 5.41) is 0. The lowest BCUT2D eigenvalue weighted by Crippen LogP contribution is -2.41. The maximum atomic E-state index is 14.3. The first-order valence-electron chi connectivity index (χ1n) is 6.88. The Morgan fingerprint density at radius 2 is 1.59 bits per heavy atom. The molecule has 0 bridgehead atoms. The minimum absolute atomic E-state index is 0.0168. The van der Waals surface area contributed by atoms with E-state index in [9.17, 15) is 13.2 Å². The lowest BCUT2D eigenvalue weighted by molar-refractivity contribution is -0.0498. The van der Waals surface area contributed by atoms with Gasteiger partial charge >= 0.3 is 13.7 Å². The van der Waals surface area contributed by atoms with E-state index >= 15 is 0 Å². The molecule has 0 aromatic heterocycles. The zero-order chi connectivity index (χ0) is 16.5. The van der Waals surface area contributed by atoms with Crippen molar-refractivity contribution in [3.63, 3.8) is 0 Å². The van der Waals surface area contributed by atoms with Gasteiger partial charge in [-0.3, -0.25) is 0 Å². The second kappa shape index (κ2) is 5.97. The number of alkyl halides is 2. The predicted octanol–water partition coefficient (Wildman–Crippen LogP) is 4.23. The van der Waals surface area contributed by atoms with Crippen LogP contribution in [0.5, 0.6) is 5.75 Å². The molecule has 2 rings (SSSR count). The number of halogens is 3. The molecule has 1 aromatic rings. The fourth-order valence-electron chi connectivity index (χ4n) is 1.93. The van der Waals surface area contributed by atoms with Crippen LogP contribution in [0.2, 0.25) is 0 Å². The molecule has 0 amide bonds. The summed E-state index contributed by atoms with van der Waals surface area (Å²) in [6.07, 6.45) is 1.24. The van der Waals surface area contributed by atoms with E-state index in [1.54, 1.807) is 0 Å². The summed E-state index contributed by atoms with van der Waals surface area (Å²) >= 11 is 0. The van der Waals surface area contributed by atoms with Gasteiger partial charge in [0.25, 0.3) is 0 Å². The highest BCUT2D eigenvalue weighted by Crippen LogP contribution is 2.39. The smallest absolute Gasteiger partial charge is 0.435 e. The van der Waals surface area contributed by atoms with Gasteiger partial charge in [0.15, 0.2) is 0 Å². The van der Waals surface area contributed by atoms with Crippen LogP contribution in [0.3, 0.4) is 0 Å². The molecule has 120 valence electrons. The molecular weight excluding hydrogens is 296 g/mol. The zero-order valence-electron chi connectivity index (χ0n) is 12.9. The molecule has 1 fully saturated rings. The largest absolute Gasteiger partial charge is 0.525 e. The summed E-state index contributed by atoms with van der Waals surface area (Å²) in [6, 6.07) is 5.64. The third kappa shape index (κ3) is 3.65. The molecule has 0 radical (unpaired) electrons. The average Bonchev–Trinajstić information content (AvgIpc) is 2.60. The van der Waals surface area contributed by atoms with Crippen LogP contribution in [0.15, 0.2) is 30.0 Å². The molecule has 7 heteroatoms. The molecular formula is C15H18BF3O3. The lowest BCUT2D eigenvalue weighted by atomic mass is 9.87. The molecule has 1 aromatic carbocycles. The summed E-state index contributed by atoms with van der Waals surface area (Å²) in [6.45, 7) is 4.43. The van der Waals surface area contributed by atoms with Crippen LogP contribution in [0.1, 0.15) is 33.3 Å². The van der Waals surface area contributed by atoms with Crippen LogP contribution in [-0.2, 0) is 9.31 Å². The molecule has 0 N–H and O–H groups in total. The van der Waals surface area contributed by atoms with E-state index in [4.69, 9.17) is 9.31 Å². The topological polar surface area (TPSA) is 27.7 Å². The van der Waals surface area contributed by atoms with E-state index in [0.717, 1.165) is 0 Å². The van der Waals surface area contributed by atoms with E-state index in [-0.39, 0.29) is 5.75 Å². The Morgan fingerprint density at radius 3 is 2.05 bits per heavy atom. The molecule has 0 saturated carbocycles. The summed E-state index contributed by atoms with van der Waals surface area (Å²) < 4.78 is 53.8. The minimum Gasteiger partial charge on any atom is -0.435 e. The third-order valence-electron chi connectivity index (χ3n) is 3.89. The Hall–Kier alpha value is -1.47. The van der Waals surface area contributed by atoms with Crippen LogP contribution < -0.4 is 4.74 Å². The van der Waals surface area contributed by atoms with Crippen molar-refractivity contribution in [2.24, 2.45) is 0 Å². The molecule has 0 aliphatic carbocycles. The maximum Gasteiger partial charge on any atom is 0.525 e. The number of hydrogen-bond acceptors (Lipinski definition) is 3. The van der Waals surface area contributed by atoms with Crippen molar-refractivity contribution >= 4 is 13.2 Å². The van der Waals surface area contributed by atoms with Crippen LogP contribution >= 0.6 is 0 Å². The second-order valence-corrected chi connectivity index (χ2v) is 6.07. The number of benzene rings is 1. The van der Waals surface area contributed by atoms with Crippen molar-refractivity contribution < 1.29 is 27.2 Å². The lowest BCUT2D eigenvalue weighted by Gasteiger charge is -2.32. The molecule has 1 aliphatic rings. The van der Waals surface area contributed by atoms with Crippen molar-refractivity contribution in [2.45, 2.75) is 45.5 Å². The Balaban J connectivity index is 2.10. The summed E-state index contributed by atoms with van der Waals surface area (Å²) in [5.41, 5.74) is -1.34. The first-order valence-corrected chi connectivity index (χ1v) is 6.88. The summed E-state index contributed by atoms with van der Waals surface area (Å²) in [7, 11) is -1.08. The Labute approximate surface area is 128 Å². The van der Waals surface area contributed by atoms with E-state index in [1.165, 1.54) is 30.3 Å². The van der Waals surface area contributed by atoms with Crippen LogP contribution in [0, 0.1) is 0 Å². The van der Waals surface area contributed by atoms with E-state index in [0.29, 0.717) is 5.56 Å².